The van der Waals surface area contributed by atoms with Crippen LogP contribution in [-0.4, -0.2) is 19.0 Å². The Morgan fingerprint density at radius 3 is 2.16 bits per heavy atom. The molecule has 0 radical (unpaired) electrons. The van der Waals surface area contributed by atoms with Crippen molar-refractivity contribution in [3.8, 4) is 11.5 Å². The van der Waals surface area contributed by atoms with Crippen LogP contribution in [0.25, 0.3) is 0 Å². The molecule has 4 N–H and O–H groups in total. The van der Waals surface area contributed by atoms with Gasteiger partial charge in [-0.15, -0.1) is 0 Å². The van der Waals surface area contributed by atoms with Crippen LogP contribution in [0.5, 0.6) is 11.5 Å². The topological polar surface area (TPSA) is 103 Å². The molecule has 3 rings (SSSR count). The number of rotatable bonds is 9. The van der Waals surface area contributed by atoms with Crippen LogP contribution in [0.1, 0.15) is 27.0 Å². The van der Waals surface area contributed by atoms with Gasteiger partial charge in [-0.3, -0.25) is 4.79 Å². The molecule has 0 atom stereocenters. The maximum absolute atomic E-state index is 12.4. The second-order valence-corrected chi connectivity index (χ2v) is 6.86. The highest BCUT2D eigenvalue weighted by molar-refractivity contribution is 5.94. The number of methoxy groups -OCH3 is 1. The van der Waals surface area contributed by atoms with E-state index in [0.717, 1.165) is 16.7 Å². The normalized spacial score (nSPS) is 10.2. The number of carbonyl (C=O) groups is 2. The van der Waals surface area contributed by atoms with Gasteiger partial charge in [0.15, 0.2) is 11.5 Å². The fraction of sp³-hybridized carbons (Fsp3) is 0.167. The van der Waals surface area contributed by atoms with E-state index in [0.29, 0.717) is 36.8 Å². The molecule has 7 heteroatoms. The Bertz CT molecular complexity index is 1020. The van der Waals surface area contributed by atoms with E-state index in [1.54, 1.807) is 31.4 Å². The molecule has 31 heavy (non-hydrogen) atoms. The zero-order valence-corrected chi connectivity index (χ0v) is 17.3. The third-order valence-electron chi connectivity index (χ3n) is 4.60. The Hall–Kier alpha value is -4.00. The van der Waals surface area contributed by atoms with Crippen molar-refractivity contribution in [2.75, 3.05) is 7.11 Å². The maximum Gasteiger partial charge on any atom is 0.312 e. The number of carbonyl (C=O) groups excluding carboxylic acids is 2. The highest BCUT2D eigenvalue weighted by Crippen LogP contribution is 2.28. The van der Waals surface area contributed by atoms with Crippen molar-refractivity contribution in [2.45, 2.75) is 19.7 Å². The molecule has 0 bridgehead atoms. The number of nitrogens with one attached hydrogen (secondary N) is 2. The molecule has 0 aromatic heterocycles. The number of hydrogen-bond acceptors (Lipinski definition) is 4. The van der Waals surface area contributed by atoms with Crippen molar-refractivity contribution in [1.82, 2.24) is 10.6 Å². The summed E-state index contributed by atoms with van der Waals surface area (Å²) < 4.78 is 11.3. The fourth-order valence-corrected chi connectivity index (χ4v) is 2.92. The summed E-state index contributed by atoms with van der Waals surface area (Å²) in [6.45, 7) is 1.10. The standard InChI is InChI=1S/C24H25N3O4/c1-30-22-13-19(9-12-21(22)31-16-18-5-3-2-4-6-18)15-26-23(28)20-10-7-17(8-11-20)14-27-24(25)29/h2-13H,14-16H2,1H3,(H,26,28)(H3,25,27,29). The van der Waals surface area contributed by atoms with E-state index in [2.05, 4.69) is 10.6 Å². The van der Waals surface area contributed by atoms with E-state index in [4.69, 9.17) is 15.2 Å². The number of primary amides is 1. The van der Waals surface area contributed by atoms with Crippen LogP contribution < -0.4 is 25.8 Å². The van der Waals surface area contributed by atoms with Gasteiger partial charge in [-0.25, -0.2) is 4.79 Å². The van der Waals surface area contributed by atoms with Crippen molar-refractivity contribution >= 4 is 11.9 Å². The van der Waals surface area contributed by atoms with Crippen molar-refractivity contribution in [2.24, 2.45) is 5.73 Å². The van der Waals surface area contributed by atoms with Gasteiger partial charge in [-0.1, -0.05) is 48.5 Å². The molecule has 0 aliphatic carbocycles. The predicted octanol–water partition coefficient (Wildman–Crippen LogP) is 3.37. The number of hydrogen-bond donors (Lipinski definition) is 3. The monoisotopic (exact) mass is 419 g/mol. The molecular formula is C24H25N3O4. The molecule has 0 spiro atoms. The van der Waals surface area contributed by atoms with Gasteiger partial charge in [0.25, 0.3) is 5.91 Å². The van der Waals surface area contributed by atoms with E-state index < -0.39 is 6.03 Å². The van der Waals surface area contributed by atoms with E-state index >= 15 is 0 Å². The fourth-order valence-electron chi connectivity index (χ4n) is 2.92. The van der Waals surface area contributed by atoms with Crippen LogP contribution in [0.4, 0.5) is 4.79 Å². The lowest BCUT2D eigenvalue weighted by Crippen LogP contribution is -2.28. The SMILES string of the molecule is COc1cc(CNC(=O)c2ccc(CNC(N)=O)cc2)ccc1OCc1ccccc1. The summed E-state index contributed by atoms with van der Waals surface area (Å²) in [4.78, 5) is 23.2. The molecule has 160 valence electrons. The van der Waals surface area contributed by atoms with Crippen molar-refractivity contribution in [3.05, 3.63) is 95.1 Å². The number of benzene rings is 3. The molecule has 3 aromatic rings. The number of nitrogens with two attached hydrogens (primary N) is 1. The zero-order chi connectivity index (χ0) is 22.1. The Kier molecular flexibility index (Phi) is 7.48. The van der Waals surface area contributed by atoms with E-state index in [-0.39, 0.29) is 5.91 Å². The summed E-state index contributed by atoms with van der Waals surface area (Å²) in [6, 6.07) is 21.8. The minimum absolute atomic E-state index is 0.196. The van der Waals surface area contributed by atoms with Crippen LogP contribution >= 0.6 is 0 Å². The average molecular weight is 419 g/mol. The minimum atomic E-state index is -0.589. The summed E-state index contributed by atoms with van der Waals surface area (Å²) in [5.74, 6) is 1.05. The maximum atomic E-state index is 12.4. The molecular weight excluding hydrogens is 394 g/mol. The van der Waals surface area contributed by atoms with Gasteiger partial charge >= 0.3 is 6.03 Å². The summed E-state index contributed by atoms with van der Waals surface area (Å²) in [5, 5.41) is 5.40. The van der Waals surface area contributed by atoms with E-state index in [1.807, 2.05) is 48.5 Å². The first-order valence-corrected chi connectivity index (χ1v) is 9.79. The van der Waals surface area contributed by atoms with Gasteiger partial charge in [0.2, 0.25) is 0 Å². The zero-order valence-electron chi connectivity index (χ0n) is 17.3. The number of ether oxygens (including phenoxy) is 2. The largest absolute Gasteiger partial charge is 0.493 e. The van der Waals surface area contributed by atoms with Crippen LogP contribution in [0.2, 0.25) is 0 Å². The van der Waals surface area contributed by atoms with Gasteiger partial charge < -0.3 is 25.8 Å². The summed E-state index contributed by atoms with van der Waals surface area (Å²) in [7, 11) is 1.59. The molecule has 0 aliphatic rings. The Labute approximate surface area is 181 Å². The van der Waals surface area contributed by atoms with Crippen LogP contribution in [0.15, 0.2) is 72.8 Å². The third kappa shape index (κ3) is 6.50. The third-order valence-corrected chi connectivity index (χ3v) is 4.60. The first kappa shape index (κ1) is 21.7. The summed E-state index contributed by atoms with van der Waals surface area (Å²) in [6.07, 6.45) is 0. The molecule has 3 aromatic carbocycles. The van der Waals surface area contributed by atoms with Crippen LogP contribution in [0.3, 0.4) is 0 Å². The van der Waals surface area contributed by atoms with E-state index in [9.17, 15) is 9.59 Å². The molecule has 0 unspecified atom stereocenters. The quantitative estimate of drug-likeness (QED) is 0.495. The lowest BCUT2D eigenvalue weighted by molar-refractivity contribution is 0.0951. The van der Waals surface area contributed by atoms with Crippen molar-refractivity contribution < 1.29 is 19.1 Å². The van der Waals surface area contributed by atoms with Gasteiger partial charge in [-0.2, -0.15) is 0 Å². The second kappa shape index (κ2) is 10.7. The van der Waals surface area contributed by atoms with Gasteiger partial charge in [0, 0.05) is 18.7 Å². The minimum Gasteiger partial charge on any atom is -0.493 e. The van der Waals surface area contributed by atoms with Gasteiger partial charge in [0.1, 0.15) is 6.61 Å². The van der Waals surface area contributed by atoms with Crippen LogP contribution in [0, 0.1) is 0 Å². The van der Waals surface area contributed by atoms with Crippen molar-refractivity contribution in [1.29, 1.82) is 0 Å². The first-order chi connectivity index (χ1) is 15.0. The highest BCUT2D eigenvalue weighted by Gasteiger charge is 2.09. The van der Waals surface area contributed by atoms with Crippen LogP contribution in [-0.2, 0) is 19.7 Å². The lowest BCUT2D eigenvalue weighted by atomic mass is 10.1. The van der Waals surface area contributed by atoms with Gasteiger partial charge in [-0.05, 0) is 41.0 Å². The molecule has 3 amide bonds. The highest BCUT2D eigenvalue weighted by atomic mass is 16.5. The average Bonchev–Trinajstić information content (AvgIpc) is 2.81. The molecule has 0 saturated carbocycles. The molecule has 0 fully saturated rings. The molecule has 7 nitrogen and oxygen atoms in total. The summed E-state index contributed by atoms with van der Waals surface area (Å²) in [5.41, 5.74) is 8.39. The van der Waals surface area contributed by atoms with E-state index in [1.165, 1.54) is 0 Å². The molecule has 0 heterocycles. The lowest BCUT2D eigenvalue weighted by Gasteiger charge is -2.13. The van der Waals surface area contributed by atoms with Gasteiger partial charge in [0.05, 0.1) is 7.11 Å². The number of urea groups is 1. The Morgan fingerprint density at radius 1 is 0.806 bits per heavy atom. The van der Waals surface area contributed by atoms with Crippen molar-refractivity contribution in [3.63, 3.8) is 0 Å². The Balaban J connectivity index is 1.55. The molecule has 0 aliphatic heterocycles. The summed E-state index contributed by atoms with van der Waals surface area (Å²) >= 11 is 0. The Morgan fingerprint density at radius 2 is 1.48 bits per heavy atom. The smallest absolute Gasteiger partial charge is 0.312 e. The predicted molar refractivity (Wildman–Crippen MR) is 118 cm³/mol. The number of amides is 3. The second-order valence-electron chi connectivity index (χ2n) is 6.86. The first-order valence-electron chi connectivity index (χ1n) is 9.79. The molecule has 0 saturated heterocycles.